The molecule has 2 aromatic carbocycles. The first-order chi connectivity index (χ1) is 18.4. The number of nitrogens with zero attached hydrogens (tertiary/aromatic N) is 2. The first kappa shape index (κ1) is 25.2. The first-order valence-corrected chi connectivity index (χ1v) is 13.8. The molecule has 4 aliphatic heterocycles. The third kappa shape index (κ3) is 4.64. The van der Waals surface area contributed by atoms with Crippen molar-refractivity contribution < 1.29 is 23.5 Å². The Morgan fingerprint density at radius 3 is 2.71 bits per heavy atom. The first-order valence-electron chi connectivity index (χ1n) is 13.8. The Bertz CT molecular complexity index is 1270. The number of amides is 3. The zero-order valence-electron chi connectivity index (χ0n) is 21.6. The van der Waals surface area contributed by atoms with Gasteiger partial charge in [0.15, 0.2) is 0 Å². The molecule has 0 radical (unpaired) electrons. The van der Waals surface area contributed by atoms with E-state index < -0.39 is 6.04 Å². The van der Waals surface area contributed by atoms with Crippen LogP contribution in [0.3, 0.4) is 0 Å². The maximum atomic E-state index is 13.9. The monoisotopic (exact) mass is 519 g/mol. The Morgan fingerprint density at radius 2 is 1.89 bits per heavy atom. The van der Waals surface area contributed by atoms with E-state index in [1.54, 1.807) is 11.0 Å². The highest BCUT2D eigenvalue weighted by Crippen LogP contribution is 2.44. The Labute approximate surface area is 222 Å². The van der Waals surface area contributed by atoms with E-state index in [2.05, 4.69) is 16.3 Å². The Kier molecular flexibility index (Phi) is 6.78. The number of carbonyl (C=O) groups excluding carboxylic acids is 3. The summed E-state index contributed by atoms with van der Waals surface area (Å²) in [7, 11) is 0. The summed E-state index contributed by atoms with van der Waals surface area (Å²) in [5.41, 5.74) is 4.73. The van der Waals surface area contributed by atoms with E-state index >= 15 is 0 Å². The molecule has 6 rings (SSSR count). The number of aryl methyl sites for hydroxylation is 1. The molecule has 8 heteroatoms. The second-order valence-electron chi connectivity index (χ2n) is 11.1. The quantitative estimate of drug-likeness (QED) is 0.445. The maximum Gasteiger partial charge on any atom is 0.255 e. The van der Waals surface area contributed by atoms with Crippen molar-refractivity contribution in [3.8, 4) is 0 Å². The van der Waals surface area contributed by atoms with Gasteiger partial charge in [-0.25, -0.2) is 4.39 Å². The molecule has 4 heterocycles. The van der Waals surface area contributed by atoms with E-state index in [0.29, 0.717) is 25.1 Å². The fourth-order valence-electron chi connectivity index (χ4n) is 6.66. The molecule has 0 aliphatic carbocycles. The van der Waals surface area contributed by atoms with Crippen LogP contribution in [0, 0.1) is 5.82 Å². The number of unbranched alkanes of at least 4 members (excludes halogenated alkanes) is 2. The second kappa shape index (κ2) is 10.2. The molecule has 2 fully saturated rings. The highest BCUT2D eigenvalue weighted by atomic mass is 19.1. The number of carbonyl (C=O) groups is 3. The number of ether oxygens (including phenoxy) is 1. The van der Waals surface area contributed by atoms with Crippen LogP contribution in [0.25, 0.3) is 0 Å². The number of nitrogens with one attached hydrogen (secondary N) is 1. The van der Waals surface area contributed by atoms with Crippen molar-refractivity contribution in [3.05, 3.63) is 70.0 Å². The van der Waals surface area contributed by atoms with Crippen molar-refractivity contribution in [2.45, 2.75) is 76.2 Å². The normalized spacial score (nSPS) is 22.6. The average molecular weight is 520 g/mol. The number of likely N-dealkylation sites (tertiary alicyclic amines) is 1. The van der Waals surface area contributed by atoms with Crippen LogP contribution >= 0.6 is 0 Å². The number of hydrogen-bond acceptors (Lipinski definition) is 5. The highest BCUT2D eigenvalue weighted by Gasteiger charge is 2.43. The molecule has 1 spiro atoms. The number of halogens is 1. The lowest BCUT2D eigenvalue weighted by Crippen LogP contribution is -2.52. The van der Waals surface area contributed by atoms with Crippen LogP contribution in [0.2, 0.25) is 0 Å². The van der Waals surface area contributed by atoms with Crippen LogP contribution in [0.15, 0.2) is 36.4 Å². The van der Waals surface area contributed by atoms with Gasteiger partial charge in [0.2, 0.25) is 11.8 Å². The third-order valence-corrected chi connectivity index (χ3v) is 8.83. The van der Waals surface area contributed by atoms with Crippen molar-refractivity contribution in [1.82, 2.24) is 15.1 Å². The molecule has 1 unspecified atom stereocenters. The van der Waals surface area contributed by atoms with Crippen molar-refractivity contribution >= 4 is 17.7 Å². The minimum absolute atomic E-state index is 0.115. The number of benzene rings is 2. The van der Waals surface area contributed by atoms with Gasteiger partial charge < -0.3 is 14.5 Å². The summed E-state index contributed by atoms with van der Waals surface area (Å²) in [4.78, 5) is 41.0. The van der Waals surface area contributed by atoms with Crippen LogP contribution in [0.1, 0.15) is 77.6 Å². The van der Waals surface area contributed by atoms with E-state index in [-0.39, 0.29) is 35.6 Å². The smallest absolute Gasteiger partial charge is 0.255 e. The van der Waals surface area contributed by atoms with Gasteiger partial charge in [-0.3, -0.25) is 19.7 Å². The molecule has 0 saturated carbocycles. The van der Waals surface area contributed by atoms with Gasteiger partial charge in [0.05, 0.1) is 12.2 Å². The molecule has 2 saturated heterocycles. The Balaban J connectivity index is 0.974. The molecule has 4 aliphatic rings. The van der Waals surface area contributed by atoms with Gasteiger partial charge >= 0.3 is 0 Å². The van der Waals surface area contributed by atoms with Crippen molar-refractivity contribution in [2.24, 2.45) is 0 Å². The lowest BCUT2D eigenvalue weighted by atomic mass is 9.83. The van der Waals surface area contributed by atoms with E-state index in [9.17, 15) is 18.8 Å². The predicted molar refractivity (Wildman–Crippen MR) is 139 cm³/mol. The van der Waals surface area contributed by atoms with Crippen LogP contribution in [-0.4, -0.2) is 53.2 Å². The molecule has 1 N–H and O–H groups in total. The average Bonchev–Trinajstić information content (AvgIpc) is 3.43. The molecule has 38 heavy (non-hydrogen) atoms. The lowest BCUT2D eigenvalue weighted by molar-refractivity contribution is -0.136. The molecule has 3 amide bonds. The fourth-order valence-corrected chi connectivity index (χ4v) is 6.66. The summed E-state index contributed by atoms with van der Waals surface area (Å²) in [6.45, 7) is 3.97. The van der Waals surface area contributed by atoms with E-state index in [4.69, 9.17) is 4.74 Å². The zero-order chi connectivity index (χ0) is 26.3. The summed E-state index contributed by atoms with van der Waals surface area (Å²) >= 11 is 0. The molecule has 0 aromatic heterocycles. The minimum Gasteiger partial charge on any atom is -0.365 e. The van der Waals surface area contributed by atoms with Gasteiger partial charge in [-0.05, 0) is 85.5 Å². The van der Waals surface area contributed by atoms with E-state index in [1.165, 1.54) is 11.6 Å². The number of hydrogen-bond donors (Lipinski definition) is 1. The number of piperidine rings is 2. The molecule has 200 valence electrons. The summed E-state index contributed by atoms with van der Waals surface area (Å²) < 4.78 is 20.0. The molecule has 0 bridgehead atoms. The minimum atomic E-state index is -0.578. The summed E-state index contributed by atoms with van der Waals surface area (Å²) in [6.07, 6.45) is 6.59. The highest BCUT2D eigenvalue weighted by molar-refractivity contribution is 6.05. The molecular formula is C30H34FN3O4. The van der Waals surface area contributed by atoms with Gasteiger partial charge in [0.1, 0.15) is 11.9 Å². The summed E-state index contributed by atoms with van der Waals surface area (Å²) in [6, 6.07) is 10.3. The largest absolute Gasteiger partial charge is 0.365 e. The van der Waals surface area contributed by atoms with E-state index in [1.807, 2.05) is 18.2 Å². The molecular weight excluding hydrogens is 485 g/mol. The van der Waals surface area contributed by atoms with Crippen LogP contribution in [0.5, 0.6) is 0 Å². The summed E-state index contributed by atoms with van der Waals surface area (Å²) in [5.74, 6) is -0.944. The number of imide groups is 1. The van der Waals surface area contributed by atoms with Crippen molar-refractivity contribution in [1.29, 1.82) is 0 Å². The Hall–Kier alpha value is -3.10. The SMILES string of the molecule is O=C1CCC(N2Cc3c(CCCCCN4CCC5(CC4)OCc4ccc(F)cc45)cccc3C2=O)C(=O)N1. The molecule has 2 aromatic rings. The zero-order valence-corrected chi connectivity index (χ0v) is 21.6. The van der Waals surface area contributed by atoms with Crippen LogP contribution in [0.4, 0.5) is 4.39 Å². The number of fused-ring (bicyclic) bond motifs is 3. The topological polar surface area (TPSA) is 79.0 Å². The van der Waals surface area contributed by atoms with Crippen LogP contribution in [-0.2, 0) is 39.5 Å². The second-order valence-corrected chi connectivity index (χ2v) is 11.1. The van der Waals surface area contributed by atoms with Crippen LogP contribution < -0.4 is 5.32 Å². The summed E-state index contributed by atoms with van der Waals surface area (Å²) in [5, 5.41) is 2.37. The third-order valence-electron chi connectivity index (χ3n) is 8.83. The predicted octanol–water partition coefficient (Wildman–Crippen LogP) is 3.82. The van der Waals surface area contributed by atoms with Gasteiger partial charge in [0, 0.05) is 31.6 Å². The molecule has 1 atom stereocenters. The van der Waals surface area contributed by atoms with Gasteiger partial charge in [0.25, 0.3) is 5.91 Å². The standard InChI is InChI=1S/C30H34FN3O4/c31-22-9-8-21-19-38-30(25(21)17-22)12-15-33(16-13-30)14-3-1-2-5-20-6-4-7-23-24(20)18-34(29(23)37)26-10-11-27(35)32-28(26)36/h4,6-9,17,26H,1-3,5,10-16,18-19H2,(H,32,35,36). The van der Waals surface area contributed by atoms with E-state index in [0.717, 1.165) is 74.8 Å². The molecule has 7 nitrogen and oxygen atoms in total. The van der Waals surface area contributed by atoms with Crippen molar-refractivity contribution in [3.63, 3.8) is 0 Å². The Morgan fingerprint density at radius 1 is 1.05 bits per heavy atom. The van der Waals surface area contributed by atoms with Gasteiger partial charge in [-0.15, -0.1) is 0 Å². The van der Waals surface area contributed by atoms with Gasteiger partial charge in [-0.2, -0.15) is 0 Å². The number of rotatable bonds is 7. The fraction of sp³-hybridized carbons (Fsp3) is 0.500. The maximum absolute atomic E-state index is 13.9. The van der Waals surface area contributed by atoms with Crippen molar-refractivity contribution in [2.75, 3.05) is 19.6 Å². The van der Waals surface area contributed by atoms with Gasteiger partial charge in [-0.1, -0.05) is 24.6 Å². The lowest BCUT2D eigenvalue weighted by Gasteiger charge is -2.39.